The van der Waals surface area contributed by atoms with Crippen molar-refractivity contribution in [1.82, 2.24) is 20.3 Å². The molecule has 0 saturated carbocycles. The molecule has 0 unspecified atom stereocenters. The summed E-state index contributed by atoms with van der Waals surface area (Å²) in [6.45, 7) is 4.23. The molecule has 2 aromatic rings. The Hall–Kier alpha value is -1.88. The van der Waals surface area contributed by atoms with Crippen molar-refractivity contribution in [2.24, 2.45) is 7.05 Å². The highest BCUT2D eigenvalue weighted by molar-refractivity contribution is 5.28. The lowest BCUT2D eigenvalue weighted by molar-refractivity contribution is 0.340. The zero-order chi connectivity index (χ0) is 12.8. The number of ether oxygens (including phenoxy) is 1. The lowest BCUT2D eigenvalue weighted by atomic mass is 10.2. The van der Waals surface area contributed by atoms with Crippen LogP contribution in [-0.4, -0.2) is 21.6 Å². The summed E-state index contributed by atoms with van der Waals surface area (Å²) in [5, 5.41) is 11.1. The fourth-order valence-corrected chi connectivity index (χ4v) is 1.72. The molecular weight excluding hydrogens is 228 g/mol. The van der Waals surface area contributed by atoms with Gasteiger partial charge in [-0.1, -0.05) is 17.3 Å². The van der Waals surface area contributed by atoms with Crippen LogP contribution in [0.5, 0.6) is 5.75 Å². The van der Waals surface area contributed by atoms with Gasteiger partial charge >= 0.3 is 0 Å². The second-order valence-corrected chi connectivity index (χ2v) is 4.03. The zero-order valence-corrected chi connectivity index (χ0v) is 10.8. The van der Waals surface area contributed by atoms with Crippen LogP contribution in [0.25, 0.3) is 0 Å². The molecule has 1 heterocycles. The molecule has 0 aliphatic heterocycles. The first-order valence-corrected chi connectivity index (χ1v) is 6.05. The lowest BCUT2D eigenvalue weighted by Gasteiger charge is -2.07. The lowest BCUT2D eigenvalue weighted by Crippen LogP contribution is -2.15. The summed E-state index contributed by atoms with van der Waals surface area (Å²) in [6, 6.07) is 8.11. The van der Waals surface area contributed by atoms with Crippen LogP contribution >= 0.6 is 0 Å². The van der Waals surface area contributed by atoms with Gasteiger partial charge in [-0.25, -0.2) is 0 Å². The maximum absolute atomic E-state index is 5.47. The van der Waals surface area contributed by atoms with E-state index in [1.807, 2.05) is 26.1 Å². The first kappa shape index (κ1) is 12.6. The van der Waals surface area contributed by atoms with E-state index in [-0.39, 0.29) is 0 Å². The maximum atomic E-state index is 5.47. The molecule has 0 spiro atoms. The quantitative estimate of drug-likeness (QED) is 0.839. The van der Waals surface area contributed by atoms with E-state index < -0.39 is 0 Å². The SMILES string of the molecule is CCOc1cccc(CNCc2cnnn2C)c1. The molecule has 0 aliphatic rings. The monoisotopic (exact) mass is 246 g/mol. The topological polar surface area (TPSA) is 52.0 Å². The van der Waals surface area contributed by atoms with E-state index in [0.29, 0.717) is 6.61 Å². The number of benzene rings is 1. The van der Waals surface area contributed by atoms with Crippen molar-refractivity contribution in [2.45, 2.75) is 20.0 Å². The summed E-state index contributed by atoms with van der Waals surface area (Å²) < 4.78 is 7.23. The Bertz CT molecular complexity index is 495. The summed E-state index contributed by atoms with van der Waals surface area (Å²) in [6.07, 6.45) is 1.77. The van der Waals surface area contributed by atoms with Gasteiger partial charge in [0.15, 0.2) is 0 Å². The van der Waals surface area contributed by atoms with E-state index in [0.717, 1.165) is 24.5 Å². The van der Waals surface area contributed by atoms with Gasteiger partial charge in [-0.3, -0.25) is 4.68 Å². The summed E-state index contributed by atoms with van der Waals surface area (Å²) in [4.78, 5) is 0. The van der Waals surface area contributed by atoms with Crippen LogP contribution in [-0.2, 0) is 20.1 Å². The normalized spacial score (nSPS) is 10.6. The minimum atomic E-state index is 0.692. The van der Waals surface area contributed by atoms with E-state index in [2.05, 4.69) is 27.8 Å². The van der Waals surface area contributed by atoms with Gasteiger partial charge in [0.2, 0.25) is 0 Å². The Balaban J connectivity index is 1.86. The number of nitrogens with zero attached hydrogens (tertiary/aromatic N) is 3. The van der Waals surface area contributed by atoms with Crippen molar-refractivity contribution >= 4 is 0 Å². The third-order valence-corrected chi connectivity index (χ3v) is 2.65. The molecule has 0 amide bonds. The molecule has 1 N–H and O–H groups in total. The molecular formula is C13H18N4O. The van der Waals surface area contributed by atoms with Crippen LogP contribution in [0.2, 0.25) is 0 Å². The van der Waals surface area contributed by atoms with Gasteiger partial charge in [-0.05, 0) is 24.6 Å². The van der Waals surface area contributed by atoms with Gasteiger partial charge < -0.3 is 10.1 Å². The van der Waals surface area contributed by atoms with Crippen molar-refractivity contribution in [2.75, 3.05) is 6.61 Å². The van der Waals surface area contributed by atoms with Gasteiger partial charge in [-0.15, -0.1) is 5.10 Å². The average molecular weight is 246 g/mol. The predicted molar refractivity (Wildman–Crippen MR) is 69.2 cm³/mol. The fraction of sp³-hybridized carbons (Fsp3) is 0.385. The van der Waals surface area contributed by atoms with Crippen molar-refractivity contribution in [3.8, 4) is 5.75 Å². The van der Waals surface area contributed by atoms with Gasteiger partial charge in [0.05, 0.1) is 18.5 Å². The Labute approximate surface area is 107 Å². The van der Waals surface area contributed by atoms with E-state index in [4.69, 9.17) is 4.74 Å². The molecule has 18 heavy (non-hydrogen) atoms. The summed E-state index contributed by atoms with van der Waals surface area (Å²) in [5.41, 5.74) is 2.27. The Morgan fingerprint density at radius 2 is 2.22 bits per heavy atom. The molecule has 0 atom stereocenters. The van der Waals surface area contributed by atoms with Crippen LogP contribution in [0.1, 0.15) is 18.2 Å². The highest BCUT2D eigenvalue weighted by atomic mass is 16.5. The fourth-order valence-electron chi connectivity index (χ4n) is 1.72. The van der Waals surface area contributed by atoms with Crippen LogP contribution < -0.4 is 10.1 Å². The number of aryl methyl sites for hydroxylation is 1. The standard InChI is InChI=1S/C13H18N4O/c1-3-18-13-6-4-5-11(7-13)8-14-9-12-10-15-16-17(12)2/h4-7,10,14H,3,8-9H2,1-2H3. The first-order chi connectivity index (χ1) is 8.79. The van der Waals surface area contributed by atoms with Crippen molar-refractivity contribution in [3.63, 3.8) is 0 Å². The number of nitrogens with one attached hydrogen (secondary N) is 1. The maximum Gasteiger partial charge on any atom is 0.119 e. The van der Waals surface area contributed by atoms with Gasteiger partial charge in [0.1, 0.15) is 5.75 Å². The number of rotatable bonds is 6. The molecule has 0 saturated heterocycles. The van der Waals surface area contributed by atoms with Crippen LogP contribution in [0, 0.1) is 0 Å². The van der Waals surface area contributed by atoms with Gasteiger partial charge in [-0.2, -0.15) is 0 Å². The van der Waals surface area contributed by atoms with Crippen LogP contribution in [0.15, 0.2) is 30.5 Å². The van der Waals surface area contributed by atoms with Gasteiger partial charge in [0, 0.05) is 20.1 Å². The van der Waals surface area contributed by atoms with Crippen molar-refractivity contribution < 1.29 is 4.74 Å². The Kier molecular flexibility index (Phi) is 4.30. The van der Waals surface area contributed by atoms with Crippen LogP contribution in [0.3, 0.4) is 0 Å². The van der Waals surface area contributed by atoms with E-state index >= 15 is 0 Å². The average Bonchev–Trinajstić information content (AvgIpc) is 2.76. The zero-order valence-electron chi connectivity index (χ0n) is 10.8. The molecule has 0 radical (unpaired) electrons. The minimum Gasteiger partial charge on any atom is -0.494 e. The Morgan fingerprint density at radius 1 is 1.33 bits per heavy atom. The molecule has 2 rings (SSSR count). The molecule has 5 nitrogen and oxygen atoms in total. The van der Waals surface area contributed by atoms with E-state index in [1.54, 1.807) is 10.9 Å². The molecule has 0 aliphatic carbocycles. The molecule has 0 bridgehead atoms. The largest absolute Gasteiger partial charge is 0.494 e. The smallest absolute Gasteiger partial charge is 0.119 e. The third-order valence-electron chi connectivity index (χ3n) is 2.65. The van der Waals surface area contributed by atoms with E-state index in [9.17, 15) is 0 Å². The van der Waals surface area contributed by atoms with E-state index in [1.165, 1.54) is 5.56 Å². The highest BCUT2D eigenvalue weighted by Crippen LogP contribution is 2.13. The summed E-state index contributed by atoms with van der Waals surface area (Å²) >= 11 is 0. The summed E-state index contributed by atoms with van der Waals surface area (Å²) in [7, 11) is 1.89. The molecule has 1 aromatic heterocycles. The van der Waals surface area contributed by atoms with Gasteiger partial charge in [0.25, 0.3) is 0 Å². The third kappa shape index (κ3) is 3.30. The van der Waals surface area contributed by atoms with Crippen molar-refractivity contribution in [1.29, 1.82) is 0 Å². The molecule has 0 fully saturated rings. The predicted octanol–water partition coefficient (Wildman–Crippen LogP) is 1.50. The highest BCUT2D eigenvalue weighted by Gasteiger charge is 2.00. The Morgan fingerprint density at radius 3 is 2.94 bits per heavy atom. The number of aromatic nitrogens is 3. The van der Waals surface area contributed by atoms with Crippen LogP contribution in [0.4, 0.5) is 0 Å². The molecule has 96 valence electrons. The molecule has 1 aromatic carbocycles. The first-order valence-electron chi connectivity index (χ1n) is 6.05. The minimum absolute atomic E-state index is 0.692. The number of hydrogen-bond acceptors (Lipinski definition) is 4. The molecule has 5 heteroatoms. The number of hydrogen-bond donors (Lipinski definition) is 1. The second kappa shape index (κ2) is 6.16. The summed E-state index contributed by atoms with van der Waals surface area (Å²) in [5.74, 6) is 0.916. The van der Waals surface area contributed by atoms with Crippen molar-refractivity contribution in [3.05, 3.63) is 41.7 Å². The second-order valence-electron chi connectivity index (χ2n) is 4.03.